The summed E-state index contributed by atoms with van der Waals surface area (Å²) in [7, 11) is 0. The predicted molar refractivity (Wildman–Crippen MR) is 128 cm³/mol. The molecular weight excluding hydrogens is 336 g/mol. The lowest BCUT2D eigenvalue weighted by Gasteiger charge is -2.26. The molecule has 0 heterocycles. The Labute approximate surface area is 176 Å². The van der Waals surface area contributed by atoms with E-state index >= 15 is 0 Å². The van der Waals surface area contributed by atoms with Crippen molar-refractivity contribution < 1.29 is 0 Å². The first-order chi connectivity index (χ1) is 12.8. The Morgan fingerprint density at radius 3 is 1.50 bits per heavy atom. The van der Waals surface area contributed by atoms with Gasteiger partial charge in [0.1, 0.15) is 0 Å². The first kappa shape index (κ1) is 24.7. The molecule has 2 aliphatic rings. The lowest BCUT2D eigenvalue weighted by molar-refractivity contribution is 0.246. The molecule has 0 atom stereocenters. The lowest BCUT2D eigenvalue weighted by Crippen LogP contribution is -2.16. The van der Waals surface area contributed by atoms with Crippen molar-refractivity contribution in [2.75, 3.05) is 0 Å². The lowest BCUT2D eigenvalue weighted by atomic mass is 9.80. The molecule has 1 aromatic carbocycles. The molecule has 0 spiro atoms. The van der Waals surface area contributed by atoms with Gasteiger partial charge < -0.3 is 0 Å². The van der Waals surface area contributed by atoms with Crippen LogP contribution in [0.25, 0.3) is 0 Å². The second kappa shape index (κ2) is 10.5. The third kappa shape index (κ3) is 9.26. The van der Waals surface area contributed by atoms with Crippen LogP contribution >= 0.6 is 0 Å². The van der Waals surface area contributed by atoms with E-state index in [2.05, 4.69) is 111 Å². The molecule has 0 bridgehead atoms. The summed E-state index contributed by atoms with van der Waals surface area (Å²) < 4.78 is 0. The minimum Gasteiger partial charge on any atom is -0.0804 e. The maximum atomic E-state index is 2.36. The maximum Gasteiger partial charge on any atom is -0.0127 e. The zero-order valence-electron chi connectivity index (χ0n) is 20.2. The molecule has 1 saturated carbocycles. The molecule has 0 aliphatic heterocycles. The summed E-state index contributed by atoms with van der Waals surface area (Å²) in [6.45, 7) is 20.5. The van der Waals surface area contributed by atoms with E-state index in [9.17, 15) is 0 Å². The van der Waals surface area contributed by atoms with Crippen LogP contribution < -0.4 is 0 Å². The van der Waals surface area contributed by atoms with Gasteiger partial charge in [-0.05, 0) is 47.0 Å². The largest absolute Gasteiger partial charge is 0.0804 e. The summed E-state index contributed by atoms with van der Waals surface area (Å²) in [6.07, 6.45) is 13.6. The molecule has 3 rings (SSSR count). The van der Waals surface area contributed by atoms with Gasteiger partial charge in [0.25, 0.3) is 0 Å². The van der Waals surface area contributed by atoms with E-state index in [4.69, 9.17) is 0 Å². The van der Waals surface area contributed by atoms with E-state index in [-0.39, 0.29) is 0 Å². The monoisotopic (exact) mass is 382 g/mol. The number of benzene rings is 1. The highest BCUT2D eigenvalue weighted by Gasteiger charge is 2.26. The molecule has 0 saturated heterocycles. The third-order valence-corrected chi connectivity index (χ3v) is 5.95. The third-order valence-electron chi connectivity index (χ3n) is 5.95. The summed E-state index contributed by atoms with van der Waals surface area (Å²) in [6, 6.07) is 10.6. The zero-order valence-corrected chi connectivity index (χ0v) is 20.2. The van der Waals surface area contributed by atoms with Gasteiger partial charge in [0, 0.05) is 0 Å². The molecule has 0 radical (unpaired) electrons. The van der Waals surface area contributed by atoms with Crippen molar-refractivity contribution in [3.05, 3.63) is 59.7 Å². The van der Waals surface area contributed by atoms with Gasteiger partial charge in [-0.15, -0.1) is 0 Å². The molecule has 0 aromatic heterocycles. The van der Waals surface area contributed by atoms with Gasteiger partial charge in [-0.2, -0.15) is 0 Å². The molecule has 1 fully saturated rings. The number of hydrogen-bond donors (Lipinski definition) is 0. The second-order valence-corrected chi connectivity index (χ2v) is 11.5. The van der Waals surface area contributed by atoms with Gasteiger partial charge >= 0.3 is 0 Å². The summed E-state index contributed by atoms with van der Waals surface area (Å²) in [5.41, 5.74) is 4.19. The van der Waals surface area contributed by atoms with Gasteiger partial charge in [-0.3, -0.25) is 0 Å². The van der Waals surface area contributed by atoms with Crippen LogP contribution in [0.1, 0.15) is 100.0 Å². The van der Waals surface area contributed by atoms with Crippen LogP contribution in [0.3, 0.4) is 0 Å². The molecule has 2 aliphatic carbocycles. The summed E-state index contributed by atoms with van der Waals surface area (Å²) in [4.78, 5) is 0. The van der Waals surface area contributed by atoms with Gasteiger partial charge in [0.05, 0.1) is 0 Å². The maximum absolute atomic E-state index is 2.36. The van der Waals surface area contributed by atoms with E-state index in [0.717, 1.165) is 12.3 Å². The highest BCUT2D eigenvalue weighted by molar-refractivity contribution is 5.27. The van der Waals surface area contributed by atoms with Crippen molar-refractivity contribution in [3.63, 3.8) is 0 Å². The molecule has 0 amide bonds. The topological polar surface area (TPSA) is 0 Å². The fourth-order valence-electron chi connectivity index (χ4n) is 3.73. The Kier molecular flexibility index (Phi) is 9.25. The standard InChI is InChI=1S/C10H14.C9H18.C9H14/c1-10(2,3)9-7-5-4-6-8-9;2*1-9(2,3)8-6-4-5-7-8/h4-8H,1-3H3;8H,4-7H2,1-3H3;4-6H,7H2,1-3H3. The first-order valence-electron chi connectivity index (χ1n) is 11.2. The van der Waals surface area contributed by atoms with E-state index < -0.39 is 0 Å². The molecule has 0 N–H and O–H groups in total. The Bertz CT molecular complexity index is 603. The molecule has 158 valence electrons. The van der Waals surface area contributed by atoms with Crippen LogP contribution in [-0.4, -0.2) is 0 Å². The van der Waals surface area contributed by atoms with E-state index in [0.29, 0.717) is 16.2 Å². The smallest absolute Gasteiger partial charge is 0.0127 e. The zero-order chi connectivity index (χ0) is 21.4. The van der Waals surface area contributed by atoms with Crippen LogP contribution in [0.4, 0.5) is 0 Å². The van der Waals surface area contributed by atoms with Crippen LogP contribution in [0.5, 0.6) is 0 Å². The Balaban J connectivity index is 0.000000210. The molecule has 28 heavy (non-hydrogen) atoms. The van der Waals surface area contributed by atoms with Gasteiger partial charge in [0.15, 0.2) is 0 Å². The highest BCUT2D eigenvalue weighted by Crippen LogP contribution is 2.38. The summed E-state index contributed by atoms with van der Waals surface area (Å²) >= 11 is 0. The van der Waals surface area contributed by atoms with Gasteiger partial charge in [0.2, 0.25) is 0 Å². The van der Waals surface area contributed by atoms with Crippen molar-refractivity contribution >= 4 is 0 Å². The molecular formula is C28H46. The quantitative estimate of drug-likeness (QED) is 0.419. The summed E-state index contributed by atoms with van der Waals surface area (Å²) in [5, 5.41) is 0. The highest BCUT2D eigenvalue weighted by atomic mass is 14.3. The fraction of sp³-hybridized carbons (Fsp3) is 0.643. The Morgan fingerprint density at radius 1 is 0.714 bits per heavy atom. The first-order valence-corrected chi connectivity index (χ1v) is 11.2. The number of rotatable bonds is 0. The average molecular weight is 383 g/mol. The number of allylic oxidation sites excluding steroid dienone is 4. The summed E-state index contributed by atoms with van der Waals surface area (Å²) in [5.74, 6) is 1.01. The SMILES string of the molecule is CC(C)(C)C1=CC=CC1.CC(C)(C)C1CCCC1.CC(C)(C)c1ccccc1. The van der Waals surface area contributed by atoms with E-state index in [1.54, 1.807) is 5.57 Å². The van der Waals surface area contributed by atoms with Crippen LogP contribution in [0.2, 0.25) is 0 Å². The molecule has 0 nitrogen and oxygen atoms in total. The average Bonchev–Trinajstić information content (AvgIpc) is 3.29. The minimum absolute atomic E-state index is 0.293. The number of hydrogen-bond acceptors (Lipinski definition) is 0. The molecule has 0 unspecified atom stereocenters. The van der Waals surface area contributed by atoms with Crippen molar-refractivity contribution in [1.82, 2.24) is 0 Å². The van der Waals surface area contributed by atoms with E-state index in [1.165, 1.54) is 31.2 Å². The van der Waals surface area contributed by atoms with E-state index in [1.807, 2.05) is 0 Å². The van der Waals surface area contributed by atoms with Crippen molar-refractivity contribution in [1.29, 1.82) is 0 Å². The fourth-order valence-corrected chi connectivity index (χ4v) is 3.73. The minimum atomic E-state index is 0.293. The van der Waals surface area contributed by atoms with Crippen LogP contribution in [-0.2, 0) is 5.41 Å². The van der Waals surface area contributed by atoms with Crippen molar-refractivity contribution in [3.8, 4) is 0 Å². The van der Waals surface area contributed by atoms with Crippen molar-refractivity contribution in [2.45, 2.75) is 99.8 Å². The molecule has 0 heteroatoms. The normalized spacial score (nSPS) is 17.4. The molecule has 1 aromatic rings. The Morgan fingerprint density at radius 2 is 1.25 bits per heavy atom. The van der Waals surface area contributed by atoms with Gasteiger partial charge in [-0.1, -0.05) is 129 Å². The predicted octanol–water partition coefficient (Wildman–Crippen LogP) is 9.13. The van der Waals surface area contributed by atoms with Crippen molar-refractivity contribution in [2.24, 2.45) is 16.7 Å². The van der Waals surface area contributed by atoms with Gasteiger partial charge in [-0.25, -0.2) is 0 Å². The van der Waals surface area contributed by atoms with Crippen LogP contribution in [0.15, 0.2) is 54.1 Å². The second-order valence-electron chi connectivity index (χ2n) is 11.5. The Hall–Kier alpha value is -1.30. The van der Waals surface area contributed by atoms with Crippen LogP contribution in [0, 0.1) is 16.7 Å².